The van der Waals surface area contributed by atoms with E-state index in [-0.39, 0.29) is 11.9 Å². The van der Waals surface area contributed by atoms with Crippen molar-refractivity contribution in [3.05, 3.63) is 47.3 Å². The average molecular weight is 285 g/mol. The van der Waals surface area contributed by atoms with Crippen molar-refractivity contribution >= 4 is 5.91 Å². The molecule has 0 saturated carbocycles. The lowest BCUT2D eigenvalue weighted by Crippen LogP contribution is -2.30. The Morgan fingerprint density at radius 1 is 1.14 bits per heavy atom. The van der Waals surface area contributed by atoms with Gasteiger partial charge in [0.2, 0.25) is 0 Å². The van der Waals surface area contributed by atoms with Crippen LogP contribution in [0.25, 0.3) is 5.69 Å². The second-order valence-corrected chi connectivity index (χ2v) is 5.96. The van der Waals surface area contributed by atoms with Gasteiger partial charge in [-0.15, -0.1) is 0 Å². The van der Waals surface area contributed by atoms with Gasteiger partial charge in [0.1, 0.15) is 0 Å². The fourth-order valence-electron chi connectivity index (χ4n) is 2.18. The van der Waals surface area contributed by atoms with E-state index < -0.39 is 0 Å². The monoisotopic (exact) mass is 285 g/mol. The summed E-state index contributed by atoms with van der Waals surface area (Å²) in [5.41, 5.74) is 3.66. The summed E-state index contributed by atoms with van der Waals surface area (Å²) in [5, 5.41) is 7.27. The third kappa shape index (κ3) is 3.51. The highest BCUT2D eigenvalue weighted by Gasteiger charge is 2.14. The number of rotatable bonds is 4. The molecule has 2 rings (SSSR count). The molecule has 0 aliphatic rings. The molecule has 21 heavy (non-hydrogen) atoms. The van der Waals surface area contributed by atoms with Gasteiger partial charge in [0.25, 0.3) is 5.91 Å². The summed E-state index contributed by atoms with van der Waals surface area (Å²) in [6.07, 6.45) is 0. The molecule has 1 aromatic heterocycles. The second kappa shape index (κ2) is 6.12. The summed E-state index contributed by atoms with van der Waals surface area (Å²) in [4.78, 5) is 12.0. The molecular weight excluding hydrogens is 262 g/mol. The van der Waals surface area contributed by atoms with Gasteiger partial charge in [0.05, 0.1) is 5.69 Å². The number of aromatic nitrogens is 2. The summed E-state index contributed by atoms with van der Waals surface area (Å²) in [6, 6.07) is 10.2. The van der Waals surface area contributed by atoms with Gasteiger partial charge in [-0.05, 0) is 50.5 Å². The van der Waals surface area contributed by atoms with E-state index in [9.17, 15) is 4.79 Å². The van der Waals surface area contributed by atoms with Crippen molar-refractivity contribution in [2.75, 3.05) is 0 Å². The largest absolute Gasteiger partial charge is 0.348 e. The zero-order valence-corrected chi connectivity index (χ0v) is 13.3. The zero-order chi connectivity index (χ0) is 15.6. The maximum atomic E-state index is 12.0. The Bertz CT molecular complexity index is 624. The van der Waals surface area contributed by atoms with Gasteiger partial charge in [-0.25, -0.2) is 4.68 Å². The maximum Gasteiger partial charge on any atom is 0.271 e. The molecule has 4 heteroatoms. The molecule has 0 aliphatic carbocycles. The Morgan fingerprint density at radius 3 is 2.29 bits per heavy atom. The standard InChI is InChI=1S/C17H23N3O/c1-11(2)14-6-8-15(9-7-14)20-13(5)10-16(19-20)17(21)18-12(3)4/h6-12H,1-5H3,(H,18,21). The number of nitrogens with one attached hydrogen (secondary N) is 1. The Kier molecular flexibility index (Phi) is 4.46. The molecule has 112 valence electrons. The van der Waals surface area contributed by atoms with E-state index in [2.05, 4.69) is 36.4 Å². The lowest BCUT2D eigenvalue weighted by atomic mass is 10.0. The Morgan fingerprint density at radius 2 is 1.76 bits per heavy atom. The van der Waals surface area contributed by atoms with Gasteiger partial charge in [-0.2, -0.15) is 5.10 Å². The van der Waals surface area contributed by atoms with E-state index in [0.29, 0.717) is 11.6 Å². The number of amides is 1. The molecule has 0 unspecified atom stereocenters. The van der Waals surface area contributed by atoms with Crippen molar-refractivity contribution in [2.45, 2.75) is 46.6 Å². The van der Waals surface area contributed by atoms with Crippen molar-refractivity contribution in [3.63, 3.8) is 0 Å². The Hall–Kier alpha value is -2.10. The minimum atomic E-state index is -0.134. The molecule has 1 aromatic carbocycles. The smallest absolute Gasteiger partial charge is 0.271 e. The summed E-state index contributed by atoms with van der Waals surface area (Å²) < 4.78 is 1.80. The van der Waals surface area contributed by atoms with Crippen LogP contribution >= 0.6 is 0 Å². The molecule has 2 aromatic rings. The molecule has 1 N–H and O–H groups in total. The van der Waals surface area contributed by atoms with E-state index in [1.807, 2.05) is 39.0 Å². The average Bonchev–Trinajstić information content (AvgIpc) is 2.80. The van der Waals surface area contributed by atoms with E-state index in [0.717, 1.165) is 11.4 Å². The molecule has 0 aliphatic heterocycles. The molecule has 0 fully saturated rings. The van der Waals surface area contributed by atoms with Crippen LogP contribution in [-0.4, -0.2) is 21.7 Å². The highest BCUT2D eigenvalue weighted by molar-refractivity contribution is 5.92. The van der Waals surface area contributed by atoms with Crippen LogP contribution in [0.2, 0.25) is 0 Å². The van der Waals surface area contributed by atoms with Gasteiger partial charge in [0, 0.05) is 11.7 Å². The first kappa shape index (κ1) is 15.3. The maximum absolute atomic E-state index is 12.0. The first-order chi connectivity index (χ1) is 9.88. The van der Waals surface area contributed by atoms with Crippen molar-refractivity contribution in [2.24, 2.45) is 0 Å². The number of aryl methyl sites for hydroxylation is 1. The van der Waals surface area contributed by atoms with Crippen LogP contribution in [-0.2, 0) is 0 Å². The van der Waals surface area contributed by atoms with E-state index in [4.69, 9.17) is 0 Å². The molecule has 0 spiro atoms. The van der Waals surface area contributed by atoms with Crippen LogP contribution in [0, 0.1) is 6.92 Å². The van der Waals surface area contributed by atoms with Crippen LogP contribution in [0.5, 0.6) is 0 Å². The molecule has 0 bridgehead atoms. The summed E-state index contributed by atoms with van der Waals surface area (Å²) >= 11 is 0. The normalized spacial score (nSPS) is 11.2. The van der Waals surface area contributed by atoms with Gasteiger partial charge in [0.15, 0.2) is 5.69 Å². The fourth-order valence-corrected chi connectivity index (χ4v) is 2.18. The number of benzene rings is 1. The Labute approximate surface area is 126 Å². The van der Waals surface area contributed by atoms with Crippen LogP contribution in [0.3, 0.4) is 0 Å². The topological polar surface area (TPSA) is 46.9 Å². The van der Waals surface area contributed by atoms with Crippen LogP contribution in [0.4, 0.5) is 0 Å². The number of carbonyl (C=O) groups is 1. The number of hydrogen-bond donors (Lipinski definition) is 1. The lowest BCUT2D eigenvalue weighted by molar-refractivity contribution is 0.0937. The number of hydrogen-bond acceptors (Lipinski definition) is 2. The third-order valence-electron chi connectivity index (χ3n) is 3.34. The van der Waals surface area contributed by atoms with Crippen LogP contribution < -0.4 is 5.32 Å². The van der Waals surface area contributed by atoms with Crippen LogP contribution in [0.1, 0.15) is 55.4 Å². The number of carbonyl (C=O) groups excluding carboxylic acids is 1. The minimum absolute atomic E-state index is 0.105. The highest BCUT2D eigenvalue weighted by atomic mass is 16.2. The molecule has 1 amide bonds. The Balaban J connectivity index is 2.28. The van der Waals surface area contributed by atoms with E-state index in [1.54, 1.807) is 4.68 Å². The molecule has 0 radical (unpaired) electrons. The zero-order valence-electron chi connectivity index (χ0n) is 13.3. The lowest BCUT2D eigenvalue weighted by Gasteiger charge is -2.08. The van der Waals surface area contributed by atoms with Gasteiger partial charge < -0.3 is 5.32 Å². The van der Waals surface area contributed by atoms with Crippen molar-refractivity contribution in [1.82, 2.24) is 15.1 Å². The third-order valence-corrected chi connectivity index (χ3v) is 3.34. The summed E-state index contributed by atoms with van der Waals surface area (Å²) in [6.45, 7) is 10.2. The molecule has 0 saturated heterocycles. The SMILES string of the molecule is Cc1cc(C(=O)NC(C)C)nn1-c1ccc(C(C)C)cc1. The van der Waals surface area contributed by atoms with Gasteiger partial charge in [-0.1, -0.05) is 26.0 Å². The molecule has 1 heterocycles. The number of nitrogens with zero attached hydrogens (tertiary/aromatic N) is 2. The van der Waals surface area contributed by atoms with Gasteiger partial charge >= 0.3 is 0 Å². The fraction of sp³-hybridized carbons (Fsp3) is 0.412. The molecular formula is C17H23N3O. The summed E-state index contributed by atoms with van der Waals surface area (Å²) in [5.74, 6) is 0.371. The second-order valence-electron chi connectivity index (χ2n) is 5.96. The predicted molar refractivity (Wildman–Crippen MR) is 85.0 cm³/mol. The summed E-state index contributed by atoms with van der Waals surface area (Å²) in [7, 11) is 0. The van der Waals surface area contributed by atoms with Crippen molar-refractivity contribution in [3.8, 4) is 5.69 Å². The predicted octanol–water partition coefficient (Wildman–Crippen LogP) is 3.44. The first-order valence-electron chi connectivity index (χ1n) is 7.36. The highest BCUT2D eigenvalue weighted by Crippen LogP contribution is 2.18. The van der Waals surface area contributed by atoms with E-state index in [1.165, 1.54) is 5.56 Å². The van der Waals surface area contributed by atoms with Crippen molar-refractivity contribution < 1.29 is 4.79 Å². The van der Waals surface area contributed by atoms with E-state index >= 15 is 0 Å². The minimum Gasteiger partial charge on any atom is -0.348 e. The molecule has 4 nitrogen and oxygen atoms in total. The molecule has 0 atom stereocenters. The van der Waals surface area contributed by atoms with Gasteiger partial charge in [-0.3, -0.25) is 4.79 Å². The van der Waals surface area contributed by atoms with Crippen LogP contribution in [0.15, 0.2) is 30.3 Å². The van der Waals surface area contributed by atoms with Crippen molar-refractivity contribution in [1.29, 1.82) is 0 Å². The first-order valence-corrected chi connectivity index (χ1v) is 7.36. The quantitative estimate of drug-likeness (QED) is 0.935.